The molecule has 0 atom stereocenters. The number of anilines is 2. The van der Waals surface area contributed by atoms with Crippen LogP contribution in [-0.2, 0) is 11.0 Å². The fourth-order valence-corrected chi connectivity index (χ4v) is 3.07. The summed E-state index contributed by atoms with van der Waals surface area (Å²) >= 11 is 0. The Hall–Kier alpha value is -2.18. The first-order chi connectivity index (χ1) is 12.2. The fraction of sp³-hybridized carbons (Fsp3) is 0.526. The molecule has 1 aromatic rings. The average molecular weight is 369 g/mol. The van der Waals surface area contributed by atoms with Crippen LogP contribution in [0.4, 0.5) is 24.5 Å². The van der Waals surface area contributed by atoms with Crippen LogP contribution in [0.25, 0.3) is 0 Å². The quantitative estimate of drug-likeness (QED) is 0.734. The van der Waals surface area contributed by atoms with Gasteiger partial charge in [0.1, 0.15) is 0 Å². The SMILES string of the molecule is C=C(C)CN(CC)C(=O)CNc1cc(C(F)(F)F)ccc1N1CCCC1. The first-order valence-electron chi connectivity index (χ1n) is 8.84. The van der Waals surface area contributed by atoms with E-state index >= 15 is 0 Å². The highest BCUT2D eigenvalue weighted by Crippen LogP contribution is 2.36. The van der Waals surface area contributed by atoms with Crippen LogP contribution in [0.15, 0.2) is 30.4 Å². The van der Waals surface area contributed by atoms with E-state index in [0.29, 0.717) is 24.5 Å². The summed E-state index contributed by atoms with van der Waals surface area (Å²) in [6.07, 6.45) is -2.39. The third-order valence-corrected chi connectivity index (χ3v) is 4.40. The number of likely N-dealkylation sites (N-methyl/N-ethyl adjacent to an activating group) is 1. The van der Waals surface area contributed by atoms with E-state index in [1.54, 1.807) is 4.90 Å². The van der Waals surface area contributed by atoms with Crippen molar-refractivity contribution in [2.75, 3.05) is 42.9 Å². The first-order valence-corrected chi connectivity index (χ1v) is 8.84. The zero-order valence-electron chi connectivity index (χ0n) is 15.3. The Kier molecular flexibility index (Phi) is 6.56. The van der Waals surface area contributed by atoms with E-state index in [4.69, 9.17) is 0 Å². The second-order valence-corrected chi connectivity index (χ2v) is 6.64. The molecule has 0 spiro atoms. The topological polar surface area (TPSA) is 35.6 Å². The summed E-state index contributed by atoms with van der Waals surface area (Å²) < 4.78 is 39.2. The van der Waals surface area contributed by atoms with Crippen LogP contribution in [0.5, 0.6) is 0 Å². The minimum absolute atomic E-state index is 0.0523. The highest BCUT2D eigenvalue weighted by atomic mass is 19.4. The maximum atomic E-state index is 13.1. The van der Waals surface area contributed by atoms with Crippen LogP contribution in [0.2, 0.25) is 0 Å². The summed E-state index contributed by atoms with van der Waals surface area (Å²) in [5.41, 5.74) is 1.20. The van der Waals surface area contributed by atoms with Crippen molar-refractivity contribution in [3.63, 3.8) is 0 Å². The third-order valence-electron chi connectivity index (χ3n) is 4.40. The van der Waals surface area contributed by atoms with Crippen molar-refractivity contribution in [2.24, 2.45) is 0 Å². The van der Waals surface area contributed by atoms with Crippen molar-refractivity contribution in [2.45, 2.75) is 32.9 Å². The molecule has 0 radical (unpaired) electrons. The van der Waals surface area contributed by atoms with Gasteiger partial charge in [-0.05, 0) is 44.9 Å². The van der Waals surface area contributed by atoms with Gasteiger partial charge < -0.3 is 15.1 Å². The molecule has 0 unspecified atom stereocenters. The minimum atomic E-state index is -4.42. The third kappa shape index (κ3) is 5.16. The van der Waals surface area contributed by atoms with Gasteiger partial charge >= 0.3 is 6.18 Å². The summed E-state index contributed by atoms with van der Waals surface area (Å²) in [6.45, 7) is 10.0. The summed E-state index contributed by atoms with van der Waals surface area (Å²) in [4.78, 5) is 16.1. The molecule has 4 nitrogen and oxygen atoms in total. The fourth-order valence-electron chi connectivity index (χ4n) is 3.07. The zero-order valence-corrected chi connectivity index (χ0v) is 15.3. The molecule has 1 saturated heterocycles. The molecule has 0 bridgehead atoms. The monoisotopic (exact) mass is 369 g/mol. The molecule has 0 aromatic heterocycles. The van der Waals surface area contributed by atoms with Crippen molar-refractivity contribution in [3.8, 4) is 0 Å². The zero-order chi connectivity index (χ0) is 19.3. The Morgan fingerprint density at radius 3 is 2.50 bits per heavy atom. The van der Waals surface area contributed by atoms with Crippen LogP contribution in [-0.4, -0.2) is 43.5 Å². The number of carbonyl (C=O) groups excluding carboxylic acids is 1. The molecule has 7 heteroatoms. The van der Waals surface area contributed by atoms with Gasteiger partial charge in [0.25, 0.3) is 0 Å². The lowest BCUT2D eigenvalue weighted by atomic mass is 10.1. The molecular formula is C19H26F3N3O. The molecule has 1 aliphatic heterocycles. The van der Waals surface area contributed by atoms with E-state index in [2.05, 4.69) is 16.8 Å². The molecule has 1 N–H and O–H groups in total. The number of halogens is 3. The lowest BCUT2D eigenvalue weighted by Gasteiger charge is -2.25. The van der Waals surface area contributed by atoms with Crippen molar-refractivity contribution >= 4 is 17.3 Å². The first kappa shape index (κ1) is 20.1. The van der Waals surface area contributed by atoms with E-state index in [-0.39, 0.29) is 12.5 Å². The number of amides is 1. The molecule has 0 saturated carbocycles. The second-order valence-electron chi connectivity index (χ2n) is 6.64. The van der Waals surface area contributed by atoms with E-state index < -0.39 is 11.7 Å². The Morgan fingerprint density at radius 2 is 1.96 bits per heavy atom. The number of carbonyl (C=O) groups is 1. The maximum absolute atomic E-state index is 13.1. The van der Waals surface area contributed by atoms with Gasteiger partial charge in [-0.25, -0.2) is 0 Å². The molecule has 1 heterocycles. The van der Waals surface area contributed by atoms with Gasteiger partial charge in [0.2, 0.25) is 5.91 Å². The minimum Gasteiger partial charge on any atom is -0.374 e. The Bertz CT molecular complexity index is 652. The molecular weight excluding hydrogens is 343 g/mol. The van der Waals surface area contributed by atoms with Crippen molar-refractivity contribution in [1.29, 1.82) is 0 Å². The predicted molar refractivity (Wildman–Crippen MR) is 98.4 cm³/mol. The molecule has 26 heavy (non-hydrogen) atoms. The Balaban J connectivity index is 2.19. The molecule has 144 valence electrons. The second kappa shape index (κ2) is 8.47. The number of hydrogen-bond donors (Lipinski definition) is 1. The van der Waals surface area contributed by atoms with Gasteiger partial charge in [-0.15, -0.1) is 0 Å². The Labute approximate surface area is 152 Å². The van der Waals surface area contributed by atoms with Crippen LogP contribution in [0, 0.1) is 0 Å². The van der Waals surface area contributed by atoms with Crippen LogP contribution in [0.1, 0.15) is 32.3 Å². The van der Waals surface area contributed by atoms with E-state index in [1.807, 2.05) is 13.8 Å². The normalized spacial score (nSPS) is 14.4. The van der Waals surface area contributed by atoms with E-state index in [0.717, 1.165) is 43.6 Å². The van der Waals surface area contributed by atoms with Gasteiger partial charge in [-0.2, -0.15) is 13.2 Å². The Morgan fingerprint density at radius 1 is 1.31 bits per heavy atom. The average Bonchev–Trinajstić information content (AvgIpc) is 3.10. The number of nitrogens with one attached hydrogen (secondary N) is 1. The molecule has 1 aliphatic rings. The number of alkyl halides is 3. The highest BCUT2D eigenvalue weighted by molar-refractivity contribution is 5.83. The standard InChI is InChI=1S/C19H26F3N3O/c1-4-24(13-14(2)3)18(26)12-23-16-11-15(19(20,21)22)7-8-17(16)25-9-5-6-10-25/h7-8,11,23H,2,4-6,9-10,12-13H2,1,3H3. The lowest BCUT2D eigenvalue weighted by molar-refractivity contribution is -0.137. The van der Waals surface area contributed by atoms with Crippen molar-refractivity contribution in [3.05, 3.63) is 35.9 Å². The predicted octanol–water partition coefficient (Wildman–Crippen LogP) is 4.14. The van der Waals surface area contributed by atoms with Crippen molar-refractivity contribution < 1.29 is 18.0 Å². The van der Waals surface area contributed by atoms with Gasteiger partial charge in [0.05, 0.1) is 23.5 Å². The van der Waals surface area contributed by atoms with Gasteiger partial charge in [-0.1, -0.05) is 12.2 Å². The lowest BCUT2D eigenvalue weighted by Crippen LogP contribution is -2.36. The number of hydrogen-bond acceptors (Lipinski definition) is 3. The smallest absolute Gasteiger partial charge is 0.374 e. The molecule has 1 fully saturated rings. The number of nitrogens with zero attached hydrogens (tertiary/aromatic N) is 2. The summed E-state index contributed by atoms with van der Waals surface area (Å²) in [6, 6.07) is 3.68. The largest absolute Gasteiger partial charge is 0.416 e. The molecule has 0 aliphatic carbocycles. The van der Waals surface area contributed by atoms with Crippen LogP contribution < -0.4 is 10.2 Å². The van der Waals surface area contributed by atoms with Crippen LogP contribution >= 0.6 is 0 Å². The summed E-state index contributed by atoms with van der Waals surface area (Å²) in [5, 5.41) is 2.93. The van der Waals surface area contributed by atoms with Crippen molar-refractivity contribution in [1.82, 2.24) is 4.90 Å². The number of benzene rings is 1. The summed E-state index contributed by atoms with van der Waals surface area (Å²) in [5.74, 6) is -0.166. The highest BCUT2D eigenvalue weighted by Gasteiger charge is 2.31. The molecule has 1 aromatic carbocycles. The maximum Gasteiger partial charge on any atom is 0.416 e. The van der Waals surface area contributed by atoms with Crippen LogP contribution in [0.3, 0.4) is 0 Å². The molecule has 1 amide bonds. The molecule has 2 rings (SSSR count). The van der Waals surface area contributed by atoms with Gasteiger partial charge in [-0.3, -0.25) is 4.79 Å². The van der Waals surface area contributed by atoms with Gasteiger partial charge in [0.15, 0.2) is 0 Å². The van der Waals surface area contributed by atoms with E-state index in [9.17, 15) is 18.0 Å². The van der Waals surface area contributed by atoms with E-state index in [1.165, 1.54) is 6.07 Å². The van der Waals surface area contributed by atoms with Gasteiger partial charge in [0, 0.05) is 26.2 Å². The summed E-state index contributed by atoms with van der Waals surface area (Å²) in [7, 11) is 0. The number of rotatable bonds is 7.